The van der Waals surface area contributed by atoms with Gasteiger partial charge in [-0.1, -0.05) is 0 Å². The molecule has 0 aromatic heterocycles. The molecule has 0 aliphatic heterocycles. The van der Waals surface area contributed by atoms with Crippen LogP contribution in [0.25, 0.3) is 0 Å². The van der Waals surface area contributed by atoms with Gasteiger partial charge in [0.25, 0.3) is 0 Å². The van der Waals surface area contributed by atoms with Gasteiger partial charge in [0.05, 0.1) is 0 Å². The van der Waals surface area contributed by atoms with Gasteiger partial charge in [0, 0.05) is 0 Å². The molecule has 0 amide bonds. The third-order valence-corrected chi connectivity index (χ3v) is 11.2. The molecule has 0 saturated heterocycles. The SMILES string of the molecule is CCCCCP(O)(CCCCC)(CCCCC)CCCCC. The summed E-state index contributed by atoms with van der Waals surface area (Å²) in [6, 6.07) is 0. The van der Waals surface area contributed by atoms with E-state index in [0.29, 0.717) is 0 Å². The average Bonchev–Trinajstić information content (AvgIpc) is 2.49. The van der Waals surface area contributed by atoms with Crippen LogP contribution in [0.4, 0.5) is 0 Å². The van der Waals surface area contributed by atoms with Crippen LogP contribution in [0.5, 0.6) is 0 Å². The molecule has 1 N–H and O–H groups in total. The van der Waals surface area contributed by atoms with E-state index in [0.717, 1.165) is 24.6 Å². The molecular formula is C20H45OP. The van der Waals surface area contributed by atoms with Crippen molar-refractivity contribution in [3.63, 3.8) is 0 Å². The van der Waals surface area contributed by atoms with E-state index in [1.54, 1.807) is 0 Å². The summed E-state index contributed by atoms with van der Waals surface area (Å²) in [7, 11) is 0. The van der Waals surface area contributed by atoms with Crippen molar-refractivity contribution in [2.24, 2.45) is 0 Å². The Bertz CT molecular complexity index is 201. The van der Waals surface area contributed by atoms with Crippen molar-refractivity contribution in [2.45, 2.75) is 105 Å². The van der Waals surface area contributed by atoms with Crippen LogP contribution in [-0.4, -0.2) is 29.5 Å². The van der Waals surface area contributed by atoms with Crippen LogP contribution < -0.4 is 0 Å². The van der Waals surface area contributed by atoms with Crippen molar-refractivity contribution < 1.29 is 4.89 Å². The predicted molar refractivity (Wildman–Crippen MR) is 107 cm³/mol. The number of unbranched alkanes of at least 4 members (excludes halogenated alkanes) is 8. The molecule has 0 atom stereocenters. The number of hydrogen-bond donors (Lipinski definition) is 1. The summed E-state index contributed by atoms with van der Waals surface area (Å²) in [6.45, 7) is 6.67. The van der Waals surface area contributed by atoms with Gasteiger partial charge in [-0.25, -0.2) is 0 Å². The zero-order chi connectivity index (χ0) is 16.8. The standard InChI is InChI=1S/C20H45OP/c1-5-9-13-17-22(21,18-14-10-6-2,19-15-11-7-3)20-16-12-8-4/h21H,5-20H2,1-4H3. The van der Waals surface area contributed by atoms with E-state index in [2.05, 4.69) is 27.7 Å². The summed E-state index contributed by atoms with van der Waals surface area (Å²) in [5, 5.41) is 0. The molecule has 0 aliphatic carbocycles. The third-order valence-electron chi connectivity index (χ3n) is 5.34. The van der Waals surface area contributed by atoms with E-state index >= 15 is 0 Å². The van der Waals surface area contributed by atoms with Crippen LogP contribution in [-0.2, 0) is 0 Å². The first-order valence-electron chi connectivity index (χ1n) is 10.3. The first kappa shape index (κ1) is 22.4. The van der Waals surface area contributed by atoms with Gasteiger partial charge in [-0.15, -0.1) is 0 Å². The van der Waals surface area contributed by atoms with Crippen LogP contribution in [0.1, 0.15) is 105 Å². The normalized spacial score (nSPS) is 14.0. The topological polar surface area (TPSA) is 20.2 Å². The molecule has 0 unspecified atom stereocenters. The summed E-state index contributed by atoms with van der Waals surface area (Å²) in [5.74, 6) is 0. The summed E-state index contributed by atoms with van der Waals surface area (Å²) < 4.78 is 0. The summed E-state index contributed by atoms with van der Waals surface area (Å²) in [5.41, 5.74) is 0. The van der Waals surface area contributed by atoms with Crippen molar-refractivity contribution in [3.05, 3.63) is 0 Å². The third kappa shape index (κ3) is 9.51. The van der Waals surface area contributed by atoms with Crippen LogP contribution >= 0.6 is 6.83 Å². The average molecular weight is 333 g/mol. The Balaban J connectivity index is 4.89. The first-order chi connectivity index (χ1) is 10.5. The van der Waals surface area contributed by atoms with Gasteiger partial charge < -0.3 is 0 Å². The Morgan fingerprint density at radius 1 is 0.455 bits per heavy atom. The minimum absolute atomic E-state index is 1.16. The minimum atomic E-state index is -2.43. The van der Waals surface area contributed by atoms with Crippen LogP contribution in [0.2, 0.25) is 0 Å². The molecular weight excluding hydrogens is 287 g/mol. The Hall–Kier alpha value is 0.390. The molecule has 0 spiro atoms. The fourth-order valence-corrected chi connectivity index (χ4v) is 9.23. The quantitative estimate of drug-likeness (QED) is 0.234. The maximum atomic E-state index is 12.0. The number of hydrogen-bond acceptors (Lipinski definition) is 1. The van der Waals surface area contributed by atoms with E-state index in [1.165, 1.54) is 77.0 Å². The molecule has 0 saturated carbocycles. The Morgan fingerprint density at radius 2 is 0.682 bits per heavy atom. The van der Waals surface area contributed by atoms with Crippen molar-refractivity contribution in [1.29, 1.82) is 0 Å². The van der Waals surface area contributed by atoms with Crippen molar-refractivity contribution in [3.8, 4) is 0 Å². The Kier molecular flexibility index (Phi) is 13.0. The van der Waals surface area contributed by atoms with Gasteiger partial charge in [-0.05, 0) is 0 Å². The van der Waals surface area contributed by atoms with E-state index in [9.17, 15) is 4.89 Å². The summed E-state index contributed by atoms with van der Waals surface area (Å²) >= 11 is 0. The molecule has 0 radical (unpaired) electrons. The van der Waals surface area contributed by atoms with Gasteiger partial charge in [-0.2, -0.15) is 0 Å². The van der Waals surface area contributed by atoms with Crippen molar-refractivity contribution in [1.82, 2.24) is 0 Å². The van der Waals surface area contributed by atoms with Crippen LogP contribution in [0.3, 0.4) is 0 Å². The molecule has 22 heavy (non-hydrogen) atoms. The van der Waals surface area contributed by atoms with Crippen molar-refractivity contribution in [2.75, 3.05) is 24.6 Å². The number of rotatable bonds is 16. The van der Waals surface area contributed by atoms with E-state index in [4.69, 9.17) is 0 Å². The van der Waals surface area contributed by atoms with Crippen LogP contribution in [0, 0.1) is 0 Å². The van der Waals surface area contributed by atoms with Crippen LogP contribution in [0.15, 0.2) is 0 Å². The van der Waals surface area contributed by atoms with Gasteiger partial charge in [0.2, 0.25) is 0 Å². The van der Waals surface area contributed by atoms with E-state index in [1.807, 2.05) is 0 Å². The summed E-state index contributed by atoms with van der Waals surface area (Å²) in [6.07, 6.45) is 20.0. The second-order valence-electron chi connectivity index (χ2n) is 7.63. The molecule has 0 aromatic rings. The predicted octanol–water partition coefficient (Wildman–Crippen LogP) is 7.21. The van der Waals surface area contributed by atoms with Gasteiger partial charge in [-0.3, -0.25) is 0 Å². The molecule has 0 aliphatic rings. The van der Waals surface area contributed by atoms with Gasteiger partial charge >= 0.3 is 141 Å². The fraction of sp³-hybridized carbons (Fsp3) is 1.00. The summed E-state index contributed by atoms with van der Waals surface area (Å²) in [4.78, 5) is 12.0. The molecule has 0 rings (SSSR count). The van der Waals surface area contributed by atoms with Crippen molar-refractivity contribution >= 4 is 6.83 Å². The second-order valence-corrected chi connectivity index (χ2v) is 13.2. The molecule has 1 nitrogen and oxygen atoms in total. The van der Waals surface area contributed by atoms with Gasteiger partial charge in [0.1, 0.15) is 0 Å². The fourth-order valence-electron chi connectivity index (χ4n) is 3.74. The maximum absolute atomic E-state index is 12.0. The van der Waals surface area contributed by atoms with E-state index in [-0.39, 0.29) is 0 Å². The van der Waals surface area contributed by atoms with Gasteiger partial charge in [0.15, 0.2) is 0 Å². The molecule has 0 bridgehead atoms. The van der Waals surface area contributed by atoms with E-state index < -0.39 is 6.83 Å². The molecule has 136 valence electrons. The Morgan fingerprint density at radius 3 is 0.864 bits per heavy atom. The second kappa shape index (κ2) is 12.8. The monoisotopic (exact) mass is 332 g/mol. The zero-order valence-electron chi connectivity index (χ0n) is 16.2. The molecule has 2 heteroatoms. The molecule has 0 aromatic carbocycles. The molecule has 0 heterocycles. The molecule has 0 fully saturated rings. The first-order valence-corrected chi connectivity index (χ1v) is 13.2. The Labute approximate surface area is 141 Å². The zero-order valence-corrected chi connectivity index (χ0v) is 17.1.